The molecule has 18 heavy (non-hydrogen) atoms. The fourth-order valence-corrected chi connectivity index (χ4v) is 2.44. The Bertz CT molecular complexity index is 408. The van der Waals surface area contributed by atoms with Crippen LogP contribution in [0.5, 0.6) is 0 Å². The molecule has 0 aromatic heterocycles. The molecular formula is C14H20N2O2. The molecule has 0 aliphatic heterocycles. The number of benzene rings is 1. The van der Waals surface area contributed by atoms with Crippen LogP contribution in [0.3, 0.4) is 0 Å². The molecule has 0 spiro atoms. The first-order valence-electron chi connectivity index (χ1n) is 6.41. The average molecular weight is 248 g/mol. The number of carbonyl (C=O) groups is 1. The average Bonchev–Trinajstić information content (AvgIpc) is 2.77. The normalized spacial score (nSPS) is 17.8. The molecule has 0 saturated heterocycles. The van der Waals surface area contributed by atoms with Gasteiger partial charge in [0.25, 0.3) is 0 Å². The lowest BCUT2D eigenvalue weighted by Gasteiger charge is -2.22. The van der Waals surface area contributed by atoms with Gasteiger partial charge in [-0.25, -0.2) is 0 Å². The zero-order chi connectivity index (χ0) is 13.0. The number of carbonyl (C=O) groups excluding carboxylic acids is 1. The number of nitrogens with one attached hydrogen (secondary N) is 1. The van der Waals surface area contributed by atoms with E-state index in [9.17, 15) is 9.90 Å². The predicted octanol–water partition coefficient (Wildman–Crippen LogP) is 1.18. The Morgan fingerprint density at radius 2 is 1.89 bits per heavy atom. The second kappa shape index (κ2) is 5.50. The molecular weight excluding hydrogens is 228 g/mol. The Morgan fingerprint density at radius 3 is 2.44 bits per heavy atom. The largest absolute Gasteiger partial charge is 0.389 e. The van der Waals surface area contributed by atoms with Gasteiger partial charge in [-0.2, -0.15) is 0 Å². The first-order chi connectivity index (χ1) is 8.59. The van der Waals surface area contributed by atoms with Crippen molar-refractivity contribution in [2.24, 2.45) is 5.73 Å². The maximum Gasteiger partial charge on any atom is 0.248 e. The topological polar surface area (TPSA) is 75.4 Å². The van der Waals surface area contributed by atoms with E-state index in [4.69, 9.17) is 5.73 Å². The highest BCUT2D eigenvalue weighted by Crippen LogP contribution is 2.28. The summed E-state index contributed by atoms with van der Waals surface area (Å²) in [5.74, 6) is -0.408. The zero-order valence-electron chi connectivity index (χ0n) is 10.5. The Balaban J connectivity index is 1.81. The van der Waals surface area contributed by atoms with Gasteiger partial charge >= 0.3 is 0 Å². The van der Waals surface area contributed by atoms with E-state index in [1.807, 2.05) is 12.1 Å². The standard InChI is InChI=1S/C14H20N2O2/c15-13(17)12-5-3-11(4-6-12)9-16-10-14(18)7-1-2-8-14/h3-6,16,18H,1-2,7-10H2,(H2,15,17). The van der Waals surface area contributed by atoms with Crippen LogP contribution in [0, 0.1) is 0 Å². The van der Waals surface area contributed by atoms with Crippen molar-refractivity contribution in [3.63, 3.8) is 0 Å². The van der Waals surface area contributed by atoms with Crippen molar-refractivity contribution in [3.8, 4) is 0 Å². The summed E-state index contributed by atoms with van der Waals surface area (Å²) in [6.45, 7) is 1.33. The number of hydrogen-bond donors (Lipinski definition) is 3. The fourth-order valence-electron chi connectivity index (χ4n) is 2.44. The second-order valence-corrected chi connectivity index (χ2v) is 5.10. The summed E-state index contributed by atoms with van der Waals surface area (Å²) in [7, 11) is 0. The molecule has 1 aliphatic rings. The molecule has 4 nitrogen and oxygen atoms in total. The van der Waals surface area contributed by atoms with E-state index < -0.39 is 11.5 Å². The Labute approximate surface area is 107 Å². The SMILES string of the molecule is NC(=O)c1ccc(CNCC2(O)CCCC2)cc1. The first-order valence-corrected chi connectivity index (χ1v) is 6.41. The van der Waals surface area contributed by atoms with E-state index in [1.165, 1.54) is 0 Å². The van der Waals surface area contributed by atoms with Crippen molar-refractivity contribution in [1.29, 1.82) is 0 Å². The van der Waals surface area contributed by atoms with Crippen molar-refractivity contribution in [2.45, 2.75) is 37.8 Å². The predicted molar refractivity (Wildman–Crippen MR) is 70.1 cm³/mol. The summed E-state index contributed by atoms with van der Waals surface area (Å²) in [5.41, 5.74) is 6.26. The van der Waals surface area contributed by atoms with E-state index in [2.05, 4.69) is 5.32 Å². The molecule has 0 bridgehead atoms. The monoisotopic (exact) mass is 248 g/mol. The van der Waals surface area contributed by atoms with Crippen LogP contribution in [0.2, 0.25) is 0 Å². The maximum atomic E-state index is 10.9. The number of nitrogens with two attached hydrogens (primary N) is 1. The lowest BCUT2D eigenvalue weighted by Crippen LogP contribution is -2.37. The molecule has 1 amide bonds. The third-order valence-corrected chi connectivity index (χ3v) is 3.56. The van der Waals surface area contributed by atoms with Crippen LogP contribution < -0.4 is 11.1 Å². The lowest BCUT2D eigenvalue weighted by molar-refractivity contribution is 0.0475. The molecule has 0 unspecified atom stereocenters. The van der Waals surface area contributed by atoms with Gasteiger partial charge in [0.15, 0.2) is 0 Å². The minimum absolute atomic E-state index is 0.408. The van der Waals surface area contributed by atoms with Gasteiger partial charge in [0.1, 0.15) is 0 Å². The third-order valence-electron chi connectivity index (χ3n) is 3.56. The molecule has 1 aromatic rings. The molecule has 98 valence electrons. The molecule has 1 aromatic carbocycles. The van der Waals surface area contributed by atoms with Gasteiger partial charge in [-0.05, 0) is 30.5 Å². The van der Waals surface area contributed by atoms with Gasteiger partial charge in [0, 0.05) is 18.7 Å². The van der Waals surface area contributed by atoms with Crippen LogP contribution in [0.25, 0.3) is 0 Å². The minimum atomic E-state index is -0.521. The van der Waals surface area contributed by atoms with Crippen molar-refractivity contribution >= 4 is 5.91 Å². The summed E-state index contributed by atoms with van der Waals surface area (Å²) in [6.07, 6.45) is 4.01. The van der Waals surface area contributed by atoms with E-state index in [-0.39, 0.29) is 0 Å². The summed E-state index contributed by atoms with van der Waals surface area (Å²) >= 11 is 0. The highest BCUT2D eigenvalue weighted by Gasteiger charge is 2.30. The van der Waals surface area contributed by atoms with E-state index >= 15 is 0 Å². The Kier molecular flexibility index (Phi) is 3.99. The second-order valence-electron chi connectivity index (χ2n) is 5.10. The van der Waals surface area contributed by atoms with Gasteiger partial charge in [-0.3, -0.25) is 4.79 Å². The third kappa shape index (κ3) is 3.31. The van der Waals surface area contributed by atoms with Gasteiger partial charge in [-0.1, -0.05) is 25.0 Å². The van der Waals surface area contributed by atoms with E-state index in [0.29, 0.717) is 18.7 Å². The Hall–Kier alpha value is -1.39. The van der Waals surface area contributed by atoms with Crippen molar-refractivity contribution in [1.82, 2.24) is 5.32 Å². The first kappa shape index (κ1) is 13.1. The molecule has 1 saturated carbocycles. The number of rotatable bonds is 5. The summed E-state index contributed by atoms with van der Waals surface area (Å²) in [4.78, 5) is 10.9. The molecule has 0 heterocycles. The smallest absolute Gasteiger partial charge is 0.248 e. The van der Waals surface area contributed by atoms with Crippen LogP contribution in [0.15, 0.2) is 24.3 Å². The molecule has 4 N–H and O–H groups in total. The molecule has 1 aliphatic carbocycles. The van der Waals surface area contributed by atoms with Gasteiger partial charge < -0.3 is 16.2 Å². The molecule has 4 heteroatoms. The maximum absolute atomic E-state index is 10.9. The van der Waals surface area contributed by atoms with Crippen LogP contribution in [-0.2, 0) is 6.54 Å². The van der Waals surface area contributed by atoms with Crippen LogP contribution >= 0.6 is 0 Å². The molecule has 2 rings (SSSR count). The Morgan fingerprint density at radius 1 is 1.28 bits per heavy atom. The number of hydrogen-bond acceptors (Lipinski definition) is 3. The summed E-state index contributed by atoms with van der Waals surface area (Å²) in [5, 5.41) is 13.4. The summed E-state index contributed by atoms with van der Waals surface area (Å²) in [6, 6.07) is 7.21. The highest BCUT2D eigenvalue weighted by molar-refractivity contribution is 5.92. The quantitative estimate of drug-likeness (QED) is 0.732. The molecule has 0 atom stereocenters. The fraction of sp³-hybridized carbons (Fsp3) is 0.500. The zero-order valence-corrected chi connectivity index (χ0v) is 10.5. The minimum Gasteiger partial charge on any atom is -0.389 e. The lowest BCUT2D eigenvalue weighted by atomic mass is 10.0. The molecule has 0 radical (unpaired) electrons. The number of aliphatic hydroxyl groups is 1. The van der Waals surface area contributed by atoms with Gasteiger partial charge in [-0.15, -0.1) is 0 Å². The van der Waals surface area contributed by atoms with Crippen molar-refractivity contribution in [2.75, 3.05) is 6.54 Å². The molecule has 1 fully saturated rings. The van der Waals surface area contributed by atoms with E-state index in [0.717, 1.165) is 31.2 Å². The van der Waals surface area contributed by atoms with Gasteiger partial charge in [0.2, 0.25) is 5.91 Å². The van der Waals surface area contributed by atoms with Crippen molar-refractivity contribution in [3.05, 3.63) is 35.4 Å². The van der Waals surface area contributed by atoms with Crippen LogP contribution in [-0.4, -0.2) is 23.2 Å². The number of primary amides is 1. The van der Waals surface area contributed by atoms with E-state index in [1.54, 1.807) is 12.1 Å². The van der Waals surface area contributed by atoms with Crippen LogP contribution in [0.4, 0.5) is 0 Å². The number of amides is 1. The van der Waals surface area contributed by atoms with Gasteiger partial charge in [0.05, 0.1) is 5.60 Å². The summed E-state index contributed by atoms with van der Waals surface area (Å²) < 4.78 is 0. The van der Waals surface area contributed by atoms with Crippen LogP contribution in [0.1, 0.15) is 41.6 Å². The van der Waals surface area contributed by atoms with Crippen molar-refractivity contribution < 1.29 is 9.90 Å². The highest BCUT2D eigenvalue weighted by atomic mass is 16.3.